The minimum absolute atomic E-state index is 0.0231. The number of aliphatic hydroxyl groups excluding tert-OH is 1. The summed E-state index contributed by atoms with van der Waals surface area (Å²) in [6, 6.07) is -0.135. The Morgan fingerprint density at radius 2 is 2.06 bits per heavy atom. The second-order valence-corrected chi connectivity index (χ2v) is 6.91. The number of hydrogen-bond acceptors (Lipinski definition) is 4. The van der Waals surface area contributed by atoms with Crippen molar-refractivity contribution >= 4 is 15.7 Å². The SMILES string of the molecule is CS(=O)(=O)CCC(=O)N1CCCCCC1CO. The third-order valence-corrected chi connectivity index (χ3v) is 4.04. The molecule has 0 spiro atoms. The predicted molar refractivity (Wildman–Crippen MR) is 65.4 cm³/mol. The number of likely N-dealkylation sites (tertiary alicyclic amines) is 1. The van der Waals surface area contributed by atoms with Crippen LogP contribution in [0.1, 0.15) is 32.1 Å². The van der Waals surface area contributed by atoms with Gasteiger partial charge in [-0.25, -0.2) is 8.42 Å². The molecule has 0 bridgehead atoms. The summed E-state index contributed by atoms with van der Waals surface area (Å²) in [6.45, 7) is 0.596. The van der Waals surface area contributed by atoms with E-state index in [1.54, 1.807) is 4.90 Å². The first-order valence-electron chi connectivity index (χ1n) is 6.02. The first-order valence-corrected chi connectivity index (χ1v) is 8.08. The minimum atomic E-state index is -3.10. The van der Waals surface area contributed by atoms with Crippen molar-refractivity contribution in [2.75, 3.05) is 25.2 Å². The monoisotopic (exact) mass is 263 g/mol. The van der Waals surface area contributed by atoms with Gasteiger partial charge in [0.05, 0.1) is 18.4 Å². The molecule has 1 aliphatic heterocycles. The Hall–Kier alpha value is -0.620. The maximum absolute atomic E-state index is 11.9. The number of aliphatic hydroxyl groups is 1. The Kier molecular flexibility index (Phi) is 5.39. The van der Waals surface area contributed by atoms with Crippen LogP contribution in [0.4, 0.5) is 0 Å². The van der Waals surface area contributed by atoms with Crippen LogP contribution in [0.15, 0.2) is 0 Å². The molecule has 100 valence electrons. The highest BCUT2D eigenvalue weighted by molar-refractivity contribution is 7.90. The number of amides is 1. The first-order chi connectivity index (χ1) is 7.94. The van der Waals surface area contributed by atoms with E-state index in [2.05, 4.69) is 0 Å². The van der Waals surface area contributed by atoms with E-state index >= 15 is 0 Å². The molecule has 1 saturated heterocycles. The molecule has 1 unspecified atom stereocenters. The average molecular weight is 263 g/mol. The zero-order valence-electron chi connectivity index (χ0n) is 10.3. The van der Waals surface area contributed by atoms with E-state index in [9.17, 15) is 18.3 Å². The molecule has 0 aromatic heterocycles. The Labute approximate surface area is 103 Å². The van der Waals surface area contributed by atoms with Crippen LogP contribution in [-0.4, -0.2) is 55.5 Å². The molecule has 1 heterocycles. The summed E-state index contributed by atoms with van der Waals surface area (Å²) in [4.78, 5) is 13.6. The van der Waals surface area contributed by atoms with Gasteiger partial charge < -0.3 is 10.0 Å². The topological polar surface area (TPSA) is 74.7 Å². The quantitative estimate of drug-likeness (QED) is 0.785. The third kappa shape index (κ3) is 5.04. The van der Waals surface area contributed by atoms with Gasteiger partial charge in [0, 0.05) is 19.2 Å². The fraction of sp³-hybridized carbons (Fsp3) is 0.909. The molecule has 0 aromatic carbocycles. The highest BCUT2D eigenvalue weighted by atomic mass is 32.2. The van der Waals surface area contributed by atoms with Gasteiger partial charge in [-0.1, -0.05) is 12.8 Å². The number of sulfone groups is 1. The molecule has 1 fully saturated rings. The number of rotatable bonds is 4. The summed E-state index contributed by atoms with van der Waals surface area (Å²) >= 11 is 0. The average Bonchev–Trinajstić information content (AvgIpc) is 2.49. The summed E-state index contributed by atoms with van der Waals surface area (Å²) in [5.74, 6) is -0.267. The van der Waals surface area contributed by atoms with Crippen LogP contribution in [0.2, 0.25) is 0 Å². The molecular weight excluding hydrogens is 242 g/mol. The summed E-state index contributed by atoms with van der Waals surface area (Å²) < 4.78 is 22.0. The van der Waals surface area contributed by atoms with Crippen LogP contribution >= 0.6 is 0 Å². The van der Waals surface area contributed by atoms with Gasteiger partial charge in [0.25, 0.3) is 0 Å². The standard InChI is InChI=1S/C11H21NO4S/c1-17(15,16)8-6-11(14)12-7-4-2-3-5-10(12)9-13/h10,13H,2-9H2,1H3. The maximum atomic E-state index is 11.9. The molecule has 1 N–H and O–H groups in total. The zero-order chi connectivity index (χ0) is 12.9. The molecule has 5 nitrogen and oxygen atoms in total. The van der Waals surface area contributed by atoms with Gasteiger partial charge >= 0.3 is 0 Å². The maximum Gasteiger partial charge on any atom is 0.223 e. The van der Waals surface area contributed by atoms with E-state index < -0.39 is 9.84 Å². The van der Waals surface area contributed by atoms with Gasteiger partial charge in [0.15, 0.2) is 0 Å². The lowest BCUT2D eigenvalue weighted by atomic mass is 10.1. The largest absolute Gasteiger partial charge is 0.394 e. The van der Waals surface area contributed by atoms with Gasteiger partial charge in [0.1, 0.15) is 9.84 Å². The highest BCUT2D eigenvalue weighted by Gasteiger charge is 2.25. The van der Waals surface area contributed by atoms with Gasteiger partial charge in [-0.15, -0.1) is 0 Å². The third-order valence-electron chi connectivity index (χ3n) is 3.09. The molecule has 0 saturated carbocycles. The Bertz CT molecular complexity index is 352. The Morgan fingerprint density at radius 3 is 2.65 bits per heavy atom. The summed E-state index contributed by atoms with van der Waals surface area (Å²) in [5, 5.41) is 9.25. The first kappa shape index (κ1) is 14.4. The van der Waals surface area contributed by atoms with E-state index in [0.717, 1.165) is 31.9 Å². The van der Waals surface area contributed by atoms with Crippen molar-refractivity contribution in [3.8, 4) is 0 Å². The second-order valence-electron chi connectivity index (χ2n) is 4.65. The Morgan fingerprint density at radius 1 is 1.35 bits per heavy atom. The van der Waals surface area contributed by atoms with E-state index in [0.29, 0.717) is 6.54 Å². The van der Waals surface area contributed by atoms with Crippen molar-refractivity contribution in [3.05, 3.63) is 0 Å². The van der Waals surface area contributed by atoms with Crippen LogP contribution in [0.25, 0.3) is 0 Å². The summed E-state index contributed by atoms with van der Waals surface area (Å²) in [7, 11) is -3.10. The molecule has 1 rings (SSSR count). The number of hydrogen-bond donors (Lipinski definition) is 1. The van der Waals surface area contributed by atoms with Crippen molar-refractivity contribution in [2.24, 2.45) is 0 Å². The van der Waals surface area contributed by atoms with E-state index in [4.69, 9.17) is 0 Å². The lowest BCUT2D eigenvalue weighted by molar-refractivity contribution is -0.133. The van der Waals surface area contributed by atoms with Gasteiger partial charge in [-0.2, -0.15) is 0 Å². The molecule has 0 radical (unpaired) electrons. The summed E-state index contributed by atoms with van der Waals surface area (Å²) in [6.07, 6.45) is 4.97. The lowest BCUT2D eigenvalue weighted by Gasteiger charge is -2.28. The smallest absolute Gasteiger partial charge is 0.223 e. The minimum Gasteiger partial charge on any atom is -0.394 e. The second kappa shape index (κ2) is 6.35. The fourth-order valence-electron chi connectivity index (χ4n) is 2.11. The zero-order valence-corrected chi connectivity index (χ0v) is 11.1. The highest BCUT2D eigenvalue weighted by Crippen LogP contribution is 2.17. The molecule has 0 aromatic rings. The lowest BCUT2D eigenvalue weighted by Crippen LogP contribution is -2.42. The molecule has 6 heteroatoms. The van der Waals surface area contributed by atoms with Crippen molar-refractivity contribution in [1.29, 1.82) is 0 Å². The van der Waals surface area contributed by atoms with Crippen molar-refractivity contribution in [1.82, 2.24) is 4.90 Å². The fourth-order valence-corrected chi connectivity index (χ4v) is 2.66. The van der Waals surface area contributed by atoms with Crippen molar-refractivity contribution in [2.45, 2.75) is 38.1 Å². The van der Waals surface area contributed by atoms with Crippen LogP contribution in [-0.2, 0) is 14.6 Å². The molecule has 0 aliphatic carbocycles. The van der Waals surface area contributed by atoms with E-state index in [1.165, 1.54) is 0 Å². The normalized spacial score (nSPS) is 22.2. The van der Waals surface area contributed by atoms with Crippen molar-refractivity contribution < 1.29 is 18.3 Å². The van der Waals surface area contributed by atoms with Crippen LogP contribution in [0.3, 0.4) is 0 Å². The predicted octanol–water partition coefficient (Wildman–Crippen LogP) is 0.185. The Balaban J connectivity index is 2.58. The van der Waals surface area contributed by atoms with Gasteiger partial charge in [-0.3, -0.25) is 4.79 Å². The number of nitrogens with zero attached hydrogens (tertiary/aromatic N) is 1. The van der Waals surface area contributed by atoms with E-state index in [-0.39, 0.29) is 30.7 Å². The summed E-state index contributed by atoms with van der Waals surface area (Å²) in [5.41, 5.74) is 0. The van der Waals surface area contributed by atoms with Crippen molar-refractivity contribution in [3.63, 3.8) is 0 Å². The van der Waals surface area contributed by atoms with Gasteiger partial charge in [-0.05, 0) is 12.8 Å². The van der Waals surface area contributed by atoms with E-state index in [1.807, 2.05) is 0 Å². The molecule has 1 amide bonds. The van der Waals surface area contributed by atoms with Crippen LogP contribution in [0.5, 0.6) is 0 Å². The number of carbonyl (C=O) groups excluding carboxylic acids is 1. The molecule has 1 atom stereocenters. The van der Waals surface area contributed by atoms with Crippen LogP contribution < -0.4 is 0 Å². The van der Waals surface area contributed by atoms with Crippen LogP contribution in [0, 0.1) is 0 Å². The molecule has 17 heavy (non-hydrogen) atoms. The molecule has 1 aliphatic rings. The number of carbonyl (C=O) groups is 1. The van der Waals surface area contributed by atoms with Gasteiger partial charge in [0.2, 0.25) is 5.91 Å². The molecular formula is C11H21NO4S.